The van der Waals surface area contributed by atoms with Gasteiger partial charge in [-0.3, -0.25) is 19.6 Å². The number of piperidine rings is 2. The van der Waals surface area contributed by atoms with Crippen molar-refractivity contribution in [2.45, 2.75) is 44.8 Å². The number of hydrogen-bond donors (Lipinski definition) is 1. The van der Waals surface area contributed by atoms with E-state index in [9.17, 15) is 4.79 Å². The van der Waals surface area contributed by atoms with E-state index >= 15 is 0 Å². The van der Waals surface area contributed by atoms with Crippen molar-refractivity contribution in [1.29, 1.82) is 0 Å². The Hall–Kier alpha value is -2.25. The Morgan fingerprint density at radius 1 is 1.21 bits per heavy atom. The van der Waals surface area contributed by atoms with Gasteiger partial charge in [-0.05, 0) is 43.9 Å². The quantitative estimate of drug-likeness (QED) is 0.807. The number of nitrogens with one attached hydrogen (secondary N) is 1. The molecule has 2 aliphatic rings. The maximum Gasteiger partial charge on any atom is 0.224 e. The first kappa shape index (κ1) is 20.0. The lowest BCUT2D eigenvalue weighted by Gasteiger charge is -2.42. The summed E-state index contributed by atoms with van der Waals surface area (Å²) in [6.07, 6.45) is 11.9. The molecular weight excluding hydrogens is 364 g/mol. The van der Waals surface area contributed by atoms with E-state index in [2.05, 4.69) is 36.7 Å². The second-order valence-corrected chi connectivity index (χ2v) is 8.37. The molecule has 0 bridgehead atoms. The molecule has 2 saturated heterocycles. The summed E-state index contributed by atoms with van der Waals surface area (Å²) >= 11 is 0. The van der Waals surface area contributed by atoms with Crippen LogP contribution >= 0.6 is 0 Å². The molecule has 4 heterocycles. The minimum Gasteiger partial charge on any atom is -0.352 e. The van der Waals surface area contributed by atoms with Crippen LogP contribution in [0.5, 0.6) is 0 Å². The summed E-state index contributed by atoms with van der Waals surface area (Å²) in [7, 11) is 2.06. The largest absolute Gasteiger partial charge is 0.352 e. The van der Waals surface area contributed by atoms with Gasteiger partial charge in [0.05, 0.1) is 12.5 Å². The number of carbonyl (C=O) groups excluding carboxylic acids is 1. The molecule has 1 N–H and O–H groups in total. The number of nitrogens with zero attached hydrogens (tertiary/aromatic N) is 5. The number of likely N-dealkylation sites (tertiary alicyclic amines) is 2. The molecule has 0 aromatic carbocycles. The van der Waals surface area contributed by atoms with E-state index in [0.717, 1.165) is 57.0 Å². The van der Waals surface area contributed by atoms with Gasteiger partial charge in [0.2, 0.25) is 5.91 Å². The third kappa shape index (κ3) is 5.22. The Kier molecular flexibility index (Phi) is 6.56. The molecular formula is C22H32N6O. The molecule has 2 aromatic heterocycles. The fourth-order valence-corrected chi connectivity index (χ4v) is 4.58. The van der Waals surface area contributed by atoms with E-state index in [0.29, 0.717) is 12.6 Å². The van der Waals surface area contributed by atoms with Crippen molar-refractivity contribution in [3.63, 3.8) is 0 Å². The van der Waals surface area contributed by atoms with E-state index in [-0.39, 0.29) is 11.8 Å². The van der Waals surface area contributed by atoms with Crippen molar-refractivity contribution in [3.05, 3.63) is 48.3 Å². The second kappa shape index (κ2) is 9.50. The Morgan fingerprint density at radius 3 is 2.79 bits per heavy atom. The summed E-state index contributed by atoms with van der Waals surface area (Å²) in [5.74, 6) is 1.42. The predicted octanol–water partition coefficient (Wildman–Crippen LogP) is 1.81. The number of aryl methyl sites for hydroxylation is 1. The number of pyridine rings is 1. The van der Waals surface area contributed by atoms with E-state index < -0.39 is 0 Å². The van der Waals surface area contributed by atoms with Gasteiger partial charge in [0.15, 0.2) is 0 Å². The minimum atomic E-state index is 0.103. The van der Waals surface area contributed by atoms with E-state index in [1.807, 2.05) is 30.7 Å². The maximum absolute atomic E-state index is 12.7. The van der Waals surface area contributed by atoms with Crippen LogP contribution in [0.1, 0.15) is 37.1 Å². The Bertz CT molecular complexity index is 784. The lowest BCUT2D eigenvalue weighted by Crippen LogP contribution is -2.50. The first-order valence-corrected chi connectivity index (χ1v) is 10.8. The standard InChI is InChI=1S/C22H32N6O/c1-26-13-9-24-21(26)17-27-11-6-20(7-12-27)28-10-3-5-19(16-28)22(29)25-15-18-4-2-8-23-14-18/h2,4,8-9,13-14,19-20H,3,5-7,10-12,15-17H2,1H3,(H,25,29)/t19-/m0/s1. The summed E-state index contributed by atoms with van der Waals surface area (Å²) in [5.41, 5.74) is 1.05. The molecule has 4 rings (SSSR count). The Balaban J connectivity index is 1.23. The molecule has 0 radical (unpaired) electrons. The fraction of sp³-hybridized carbons (Fsp3) is 0.591. The van der Waals surface area contributed by atoms with Gasteiger partial charge in [-0.1, -0.05) is 6.07 Å². The monoisotopic (exact) mass is 396 g/mol. The number of amides is 1. The van der Waals surface area contributed by atoms with Crippen LogP contribution in [0.3, 0.4) is 0 Å². The molecule has 7 nitrogen and oxygen atoms in total. The zero-order chi connectivity index (χ0) is 20.1. The number of hydrogen-bond acceptors (Lipinski definition) is 5. The highest BCUT2D eigenvalue weighted by atomic mass is 16.1. The van der Waals surface area contributed by atoms with Crippen molar-refractivity contribution in [2.24, 2.45) is 13.0 Å². The molecule has 156 valence electrons. The van der Waals surface area contributed by atoms with Crippen LogP contribution in [0.15, 0.2) is 36.9 Å². The first-order chi connectivity index (χ1) is 14.2. The molecule has 1 atom stereocenters. The van der Waals surface area contributed by atoms with Gasteiger partial charge in [-0.2, -0.15) is 0 Å². The van der Waals surface area contributed by atoms with Gasteiger partial charge < -0.3 is 9.88 Å². The van der Waals surface area contributed by atoms with Gasteiger partial charge in [-0.25, -0.2) is 4.98 Å². The summed E-state index contributed by atoms with van der Waals surface area (Å²) in [5, 5.41) is 3.11. The molecule has 2 aromatic rings. The van der Waals surface area contributed by atoms with E-state index in [1.165, 1.54) is 12.8 Å². The van der Waals surface area contributed by atoms with Crippen LogP contribution in [0.2, 0.25) is 0 Å². The molecule has 0 unspecified atom stereocenters. The highest BCUT2D eigenvalue weighted by Crippen LogP contribution is 2.24. The average Bonchev–Trinajstić information content (AvgIpc) is 3.18. The zero-order valence-corrected chi connectivity index (χ0v) is 17.3. The van der Waals surface area contributed by atoms with Crippen LogP contribution in [-0.2, 0) is 24.9 Å². The van der Waals surface area contributed by atoms with Crippen LogP contribution in [0.4, 0.5) is 0 Å². The van der Waals surface area contributed by atoms with E-state index in [1.54, 1.807) is 6.20 Å². The van der Waals surface area contributed by atoms with Gasteiger partial charge in [0.1, 0.15) is 5.82 Å². The number of carbonyl (C=O) groups is 1. The molecule has 1 amide bonds. The van der Waals surface area contributed by atoms with Gasteiger partial charge in [0, 0.05) is 64.1 Å². The van der Waals surface area contributed by atoms with Crippen LogP contribution < -0.4 is 5.32 Å². The topological polar surface area (TPSA) is 66.3 Å². The number of rotatable bonds is 6. The lowest BCUT2D eigenvalue weighted by molar-refractivity contribution is -0.127. The molecule has 0 aliphatic carbocycles. The molecule has 2 aliphatic heterocycles. The molecule has 2 fully saturated rings. The maximum atomic E-state index is 12.7. The van der Waals surface area contributed by atoms with Gasteiger partial charge in [0.25, 0.3) is 0 Å². The van der Waals surface area contributed by atoms with Crippen molar-refractivity contribution in [2.75, 3.05) is 26.2 Å². The first-order valence-electron chi connectivity index (χ1n) is 10.8. The van der Waals surface area contributed by atoms with Crippen LogP contribution in [0.25, 0.3) is 0 Å². The van der Waals surface area contributed by atoms with Gasteiger partial charge >= 0.3 is 0 Å². The highest BCUT2D eigenvalue weighted by Gasteiger charge is 2.31. The minimum absolute atomic E-state index is 0.103. The van der Waals surface area contributed by atoms with Crippen LogP contribution in [-0.4, -0.2) is 62.5 Å². The van der Waals surface area contributed by atoms with Crippen LogP contribution in [0, 0.1) is 5.92 Å². The Labute approximate surface area is 173 Å². The third-order valence-electron chi connectivity index (χ3n) is 6.37. The van der Waals surface area contributed by atoms with Crippen molar-refractivity contribution < 1.29 is 4.79 Å². The SMILES string of the molecule is Cn1ccnc1CN1CCC(N2CCC[C@H](C(=O)NCc3cccnc3)C2)CC1. The predicted molar refractivity (Wildman–Crippen MR) is 112 cm³/mol. The third-order valence-corrected chi connectivity index (χ3v) is 6.37. The van der Waals surface area contributed by atoms with Gasteiger partial charge in [-0.15, -0.1) is 0 Å². The second-order valence-electron chi connectivity index (χ2n) is 8.37. The summed E-state index contributed by atoms with van der Waals surface area (Å²) < 4.78 is 2.10. The molecule has 7 heteroatoms. The summed E-state index contributed by atoms with van der Waals surface area (Å²) in [6.45, 7) is 5.71. The fourth-order valence-electron chi connectivity index (χ4n) is 4.58. The summed E-state index contributed by atoms with van der Waals surface area (Å²) in [6, 6.07) is 4.50. The highest BCUT2D eigenvalue weighted by molar-refractivity contribution is 5.78. The lowest BCUT2D eigenvalue weighted by atomic mass is 9.93. The Morgan fingerprint density at radius 2 is 2.07 bits per heavy atom. The van der Waals surface area contributed by atoms with Crippen molar-refractivity contribution in [3.8, 4) is 0 Å². The average molecular weight is 397 g/mol. The molecule has 0 spiro atoms. The molecule has 0 saturated carbocycles. The zero-order valence-electron chi connectivity index (χ0n) is 17.3. The normalized spacial score (nSPS) is 21.9. The smallest absolute Gasteiger partial charge is 0.224 e. The number of imidazole rings is 1. The van der Waals surface area contributed by atoms with Crippen molar-refractivity contribution >= 4 is 5.91 Å². The van der Waals surface area contributed by atoms with Crippen molar-refractivity contribution in [1.82, 2.24) is 29.7 Å². The molecule has 29 heavy (non-hydrogen) atoms. The van der Waals surface area contributed by atoms with E-state index in [4.69, 9.17) is 0 Å². The summed E-state index contributed by atoms with van der Waals surface area (Å²) in [4.78, 5) is 26.3. The number of aromatic nitrogens is 3.